The van der Waals surface area contributed by atoms with E-state index in [-0.39, 0.29) is 22.9 Å². The zero-order valence-corrected chi connectivity index (χ0v) is 12.5. The number of rotatable bonds is 3. The van der Waals surface area contributed by atoms with Crippen molar-refractivity contribution in [3.8, 4) is 0 Å². The van der Waals surface area contributed by atoms with Crippen LogP contribution in [0, 0.1) is 0 Å². The Hall–Kier alpha value is -1.52. The number of fused-ring (bicyclic) bond motifs is 1. The van der Waals surface area contributed by atoms with Crippen LogP contribution in [0.15, 0.2) is 23.0 Å². The van der Waals surface area contributed by atoms with Crippen molar-refractivity contribution in [2.75, 3.05) is 0 Å². The van der Waals surface area contributed by atoms with E-state index in [1.165, 1.54) is 12.1 Å². The highest BCUT2D eigenvalue weighted by molar-refractivity contribution is 6.38. The van der Waals surface area contributed by atoms with Gasteiger partial charge in [0.2, 0.25) is 0 Å². The van der Waals surface area contributed by atoms with E-state index < -0.39 is 5.97 Å². The molecule has 0 spiro atoms. The Morgan fingerprint density at radius 1 is 1.30 bits per heavy atom. The van der Waals surface area contributed by atoms with Crippen molar-refractivity contribution in [2.45, 2.75) is 26.3 Å². The van der Waals surface area contributed by atoms with Gasteiger partial charge in [0.1, 0.15) is 0 Å². The fraction of sp³-hybridized carbons (Fsp3) is 0.286. The second kappa shape index (κ2) is 5.46. The molecule has 2 aromatic rings. The van der Waals surface area contributed by atoms with Crippen molar-refractivity contribution in [1.82, 2.24) is 4.57 Å². The molecule has 1 aromatic carbocycles. The molecule has 0 aliphatic rings. The maximum atomic E-state index is 12.2. The highest BCUT2D eigenvalue weighted by Gasteiger charge is 2.16. The molecule has 0 saturated carbocycles. The number of hydrogen-bond donors (Lipinski definition) is 1. The number of carbonyl (C=O) groups is 1. The molecule has 106 valence electrons. The van der Waals surface area contributed by atoms with E-state index in [0.717, 1.165) is 0 Å². The van der Waals surface area contributed by atoms with Crippen LogP contribution in [0.25, 0.3) is 10.9 Å². The first kappa shape index (κ1) is 14.9. The molecule has 0 saturated heterocycles. The summed E-state index contributed by atoms with van der Waals surface area (Å²) < 4.78 is 1.78. The summed E-state index contributed by atoms with van der Waals surface area (Å²) in [5, 5.41) is 10.0. The van der Waals surface area contributed by atoms with Crippen LogP contribution in [0.1, 0.15) is 25.6 Å². The summed E-state index contributed by atoms with van der Waals surface area (Å²) in [4.78, 5) is 23.1. The number of carboxylic acid groups (broad SMARTS) is 1. The lowest BCUT2D eigenvalue weighted by Gasteiger charge is -2.20. The summed E-state index contributed by atoms with van der Waals surface area (Å²) in [6.07, 6.45) is -0.229. The number of aliphatic carboxylic acids is 1. The lowest BCUT2D eigenvalue weighted by atomic mass is 10.1. The molecule has 0 bridgehead atoms. The molecule has 0 unspecified atom stereocenters. The number of pyridine rings is 1. The zero-order chi connectivity index (χ0) is 15.0. The molecule has 0 amide bonds. The molecule has 0 atom stereocenters. The SMILES string of the molecule is CC(C)n1c(CC(=O)O)cc(=O)c2c(Cl)cc(Cl)cc21. The van der Waals surface area contributed by atoms with E-state index in [1.54, 1.807) is 10.6 Å². The van der Waals surface area contributed by atoms with Gasteiger partial charge in [-0.1, -0.05) is 23.2 Å². The van der Waals surface area contributed by atoms with E-state index >= 15 is 0 Å². The highest BCUT2D eigenvalue weighted by Crippen LogP contribution is 2.28. The van der Waals surface area contributed by atoms with Gasteiger partial charge in [-0.3, -0.25) is 9.59 Å². The van der Waals surface area contributed by atoms with Gasteiger partial charge in [0.15, 0.2) is 5.43 Å². The lowest BCUT2D eigenvalue weighted by Crippen LogP contribution is -2.18. The van der Waals surface area contributed by atoms with Crippen molar-refractivity contribution >= 4 is 40.1 Å². The Morgan fingerprint density at radius 3 is 2.50 bits per heavy atom. The molecule has 0 aliphatic carbocycles. The quantitative estimate of drug-likeness (QED) is 0.943. The Bertz CT molecular complexity index is 750. The Balaban J connectivity index is 2.94. The third-order valence-electron chi connectivity index (χ3n) is 3.00. The van der Waals surface area contributed by atoms with Crippen LogP contribution in [0.3, 0.4) is 0 Å². The molecule has 2 rings (SSSR count). The summed E-state index contributed by atoms with van der Waals surface area (Å²) in [7, 11) is 0. The average Bonchev–Trinajstić information content (AvgIpc) is 2.25. The first-order valence-corrected chi connectivity index (χ1v) is 6.82. The molecule has 6 heteroatoms. The first-order chi connectivity index (χ1) is 9.31. The van der Waals surface area contributed by atoms with Gasteiger partial charge >= 0.3 is 5.97 Å². The van der Waals surface area contributed by atoms with Crippen molar-refractivity contribution in [2.24, 2.45) is 0 Å². The van der Waals surface area contributed by atoms with Crippen LogP contribution in [0.5, 0.6) is 0 Å². The second-order valence-electron chi connectivity index (χ2n) is 4.82. The van der Waals surface area contributed by atoms with E-state index in [9.17, 15) is 9.59 Å². The smallest absolute Gasteiger partial charge is 0.309 e. The highest BCUT2D eigenvalue weighted by atomic mass is 35.5. The molecule has 20 heavy (non-hydrogen) atoms. The topological polar surface area (TPSA) is 59.3 Å². The summed E-state index contributed by atoms with van der Waals surface area (Å²) >= 11 is 12.1. The fourth-order valence-corrected chi connectivity index (χ4v) is 2.92. The van der Waals surface area contributed by atoms with E-state index in [0.29, 0.717) is 21.6 Å². The van der Waals surface area contributed by atoms with Gasteiger partial charge in [-0.05, 0) is 26.0 Å². The molecule has 1 heterocycles. The van der Waals surface area contributed by atoms with Gasteiger partial charge in [0, 0.05) is 22.8 Å². The van der Waals surface area contributed by atoms with Crippen LogP contribution in [0.2, 0.25) is 10.0 Å². The van der Waals surface area contributed by atoms with E-state index in [1.807, 2.05) is 13.8 Å². The van der Waals surface area contributed by atoms with Crippen LogP contribution < -0.4 is 5.43 Å². The van der Waals surface area contributed by atoms with E-state index in [4.69, 9.17) is 28.3 Å². The monoisotopic (exact) mass is 313 g/mol. The molecule has 0 radical (unpaired) electrons. The summed E-state index contributed by atoms with van der Waals surface area (Å²) in [6.45, 7) is 3.81. The lowest BCUT2D eigenvalue weighted by molar-refractivity contribution is -0.136. The standard InChI is InChI=1S/C14H13Cl2NO3/c1-7(2)17-9(6-13(19)20)5-12(18)14-10(16)3-8(15)4-11(14)17/h3-5,7H,6H2,1-2H3,(H,19,20). The number of aromatic nitrogens is 1. The summed E-state index contributed by atoms with van der Waals surface area (Å²) in [6, 6.07) is 4.45. The normalized spacial score (nSPS) is 11.2. The minimum atomic E-state index is -0.994. The van der Waals surface area contributed by atoms with Crippen LogP contribution in [0.4, 0.5) is 0 Å². The van der Waals surface area contributed by atoms with Gasteiger partial charge < -0.3 is 9.67 Å². The minimum absolute atomic E-state index is 0.0259. The van der Waals surface area contributed by atoms with Gasteiger partial charge in [-0.15, -0.1) is 0 Å². The van der Waals surface area contributed by atoms with E-state index in [2.05, 4.69) is 0 Å². The minimum Gasteiger partial charge on any atom is -0.481 e. The van der Waals surface area contributed by atoms with Gasteiger partial charge in [-0.2, -0.15) is 0 Å². The number of nitrogens with zero attached hydrogens (tertiary/aromatic N) is 1. The summed E-state index contributed by atoms with van der Waals surface area (Å²) in [5.74, 6) is -0.994. The van der Waals surface area contributed by atoms with Gasteiger partial charge in [0.05, 0.1) is 22.3 Å². The molecule has 1 aromatic heterocycles. The predicted octanol–water partition coefficient (Wildman–Crippen LogP) is 3.52. The predicted molar refractivity (Wildman–Crippen MR) is 80.0 cm³/mol. The molecular formula is C14H13Cl2NO3. The third-order valence-corrected chi connectivity index (χ3v) is 3.51. The molecule has 0 fully saturated rings. The maximum absolute atomic E-state index is 12.2. The second-order valence-corrected chi connectivity index (χ2v) is 5.66. The zero-order valence-electron chi connectivity index (χ0n) is 11.0. The molecular weight excluding hydrogens is 301 g/mol. The van der Waals surface area contributed by atoms with Crippen LogP contribution in [-0.4, -0.2) is 15.6 Å². The number of benzene rings is 1. The van der Waals surface area contributed by atoms with Crippen molar-refractivity contribution in [3.05, 3.63) is 44.2 Å². The Labute approximate surface area is 125 Å². The van der Waals surface area contributed by atoms with Crippen LogP contribution >= 0.6 is 23.2 Å². The maximum Gasteiger partial charge on any atom is 0.309 e. The van der Waals surface area contributed by atoms with Crippen LogP contribution in [-0.2, 0) is 11.2 Å². The van der Waals surface area contributed by atoms with Crippen molar-refractivity contribution in [3.63, 3.8) is 0 Å². The average molecular weight is 314 g/mol. The molecule has 0 aliphatic heterocycles. The fourth-order valence-electron chi connectivity index (χ4n) is 2.34. The number of halogens is 2. The largest absolute Gasteiger partial charge is 0.481 e. The number of hydrogen-bond acceptors (Lipinski definition) is 2. The van der Waals surface area contributed by atoms with Gasteiger partial charge in [-0.25, -0.2) is 0 Å². The first-order valence-electron chi connectivity index (χ1n) is 6.06. The Kier molecular flexibility index (Phi) is 4.06. The molecule has 4 nitrogen and oxygen atoms in total. The molecule has 1 N–H and O–H groups in total. The van der Waals surface area contributed by atoms with Gasteiger partial charge in [0.25, 0.3) is 0 Å². The van der Waals surface area contributed by atoms with Crippen molar-refractivity contribution < 1.29 is 9.90 Å². The van der Waals surface area contributed by atoms with Crippen molar-refractivity contribution in [1.29, 1.82) is 0 Å². The third kappa shape index (κ3) is 2.67. The summed E-state index contributed by atoms with van der Waals surface area (Å²) in [5.41, 5.74) is 0.694. The number of carboxylic acids is 1. The Morgan fingerprint density at radius 2 is 1.95 bits per heavy atom.